The highest BCUT2D eigenvalue weighted by Gasteiger charge is 2.17. The molecule has 0 fully saturated rings. The summed E-state index contributed by atoms with van der Waals surface area (Å²) in [6, 6.07) is 7.68. The molecule has 10 heteroatoms. The number of ether oxygens (including phenoxy) is 2. The topological polar surface area (TPSA) is 121 Å². The molecule has 3 N–H and O–H groups in total. The lowest BCUT2D eigenvalue weighted by Crippen LogP contribution is -2.37. The van der Waals surface area contributed by atoms with E-state index in [-0.39, 0.29) is 0 Å². The maximum absolute atomic E-state index is 8.89. The van der Waals surface area contributed by atoms with Gasteiger partial charge in [0.15, 0.2) is 5.82 Å². The zero-order valence-corrected chi connectivity index (χ0v) is 21.0. The van der Waals surface area contributed by atoms with Crippen molar-refractivity contribution in [1.82, 2.24) is 30.4 Å². The van der Waals surface area contributed by atoms with Crippen molar-refractivity contribution in [2.45, 2.75) is 19.8 Å². The van der Waals surface area contributed by atoms with Crippen LogP contribution in [0.1, 0.15) is 30.9 Å². The third-order valence-electron chi connectivity index (χ3n) is 5.44. The number of nitrogens with zero attached hydrogens (tertiary/aromatic N) is 5. The minimum atomic E-state index is 0.349. The molecule has 0 saturated heterocycles. The predicted octanol–water partition coefficient (Wildman–Crippen LogP) is 3.42. The van der Waals surface area contributed by atoms with E-state index in [4.69, 9.17) is 19.9 Å². The Morgan fingerprint density at radius 2 is 1.80 bits per heavy atom. The first-order chi connectivity index (χ1) is 17.0. The molecule has 3 aromatic rings. The van der Waals surface area contributed by atoms with Gasteiger partial charge in [-0.2, -0.15) is 5.10 Å². The predicted molar refractivity (Wildman–Crippen MR) is 139 cm³/mol. The monoisotopic (exact) mass is 478 g/mol. The second-order valence-electron chi connectivity index (χ2n) is 8.28. The van der Waals surface area contributed by atoms with Gasteiger partial charge in [-0.1, -0.05) is 13.8 Å². The fourth-order valence-electron chi connectivity index (χ4n) is 3.45. The Morgan fingerprint density at radius 3 is 2.46 bits per heavy atom. The van der Waals surface area contributed by atoms with Gasteiger partial charge in [0, 0.05) is 57.9 Å². The van der Waals surface area contributed by atoms with Crippen LogP contribution in [-0.2, 0) is 9.47 Å². The highest BCUT2D eigenvalue weighted by atomic mass is 16.5. The average Bonchev–Trinajstić information content (AvgIpc) is 2.86. The van der Waals surface area contributed by atoms with Crippen molar-refractivity contribution in [3.05, 3.63) is 54.0 Å². The normalized spacial score (nSPS) is 11.7. The van der Waals surface area contributed by atoms with Crippen molar-refractivity contribution in [3.8, 4) is 0 Å². The Kier molecular flexibility index (Phi) is 9.45. The summed E-state index contributed by atoms with van der Waals surface area (Å²) in [6.45, 7) is 6.38. The molecule has 0 aliphatic carbocycles. The van der Waals surface area contributed by atoms with Crippen LogP contribution >= 0.6 is 0 Å². The first-order valence-corrected chi connectivity index (χ1v) is 11.5. The van der Waals surface area contributed by atoms with Gasteiger partial charge in [0.25, 0.3) is 0 Å². The Morgan fingerprint density at radius 1 is 1.06 bits per heavy atom. The molecule has 0 aliphatic rings. The van der Waals surface area contributed by atoms with Crippen LogP contribution in [0.3, 0.4) is 0 Å². The zero-order valence-electron chi connectivity index (χ0n) is 21.0. The third kappa shape index (κ3) is 6.93. The molecule has 0 spiro atoms. The van der Waals surface area contributed by atoms with E-state index in [2.05, 4.69) is 39.7 Å². The Balaban J connectivity index is 1.91. The van der Waals surface area contributed by atoms with Crippen molar-refractivity contribution < 1.29 is 9.47 Å². The lowest BCUT2D eigenvalue weighted by molar-refractivity contribution is 0.146. The number of nitrogens with one attached hydrogen (secondary N) is 3. The van der Waals surface area contributed by atoms with E-state index < -0.39 is 0 Å². The molecule has 186 valence electrons. The number of pyridine rings is 2. The van der Waals surface area contributed by atoms with E-state index in [1.165, 1.54) is 0 Å². The largest absolute Gasteiger partial charge is 0.393 e. The molecule has 3 aromatic heterocycles. The van der Waals surface area contributed by atoms with Crippen molar-refractivity contribution in [3.63, 3.8) is 0 Å². The standard InChI is InChI=1S/C25H34N8O2/c1-17(2)18-13-24(32-29-15-18)31-23-7-6-21-22(30-23)12-19(14-28-21)20(16-27-3)25(26)33(8-10-34-4)9-11-35-5/h6-7,12-17,26-27H,8-11H2,1-5H3,(H,30,31,32)/b20-16-,26-25?. The van der Waals surface area contributed by atoms with Gasteiger partial charge in [0.1, 0.15) is 11.7 Å². The summed E-state index contributed by atoms with van der Waals surface area (Å²) in [7, 11) is 5.11. The summed E-state index contributed by atoms with van der Waals surface area (Å²) in [6.07, 6.45) is 5.33. The SMILES string of the molecule is CN/C=C(\C(=N)N(CCOC)CCOC)c1cnc2ccc(Nc3cc(C(C)C)cnn3)nc2c1. The van der Waals surface area contributed by atoms with Crippen LogP contribution in [-0.4, -0.2) is 78.5 Å². The van der Waals surface area contributed by atoms with Gasteiger partial charge in [-0.05, 0) is 35.7 Å². The number of rotatable bonds is 12. The summed E-state index contributed by atoms with van der Waals surface area (Å²) in [4.78, 5) is 11.2. The average molecular weight is 479 g/mol. The quantitative estimate of drug-likeness (QED) is 0.265. The Bertz CT molecular complexity index is 1160. The Hall–Kier alpha value is -3.63. The van der Waals surface area contributed by atoms with Gasteiger partial charge in [0.05, 0.1) is 30.4 Å². The van der Waals surface area contributed by atoms with Crippen molar-refractivity contribution in [2.75, 3.05) is 52.9 Å². The summed E-state index contributed by atoms with van der Waals surface area (Å²) >= 11 is 0. The maximum atomic E-state index is 8.89. The van der Waals surface area contributed by atoms with Gasteiger partial charge >= 0.3 is 0 Å². The second-order valence-corrected chi connectivity index (χ2v) is 8.28. The van der Waals surface area contributed by atoms with E-state index in [9.17, 15) is 0 Å². The summed E-state index contributed by atoms with van der Waals surface area (Å²) in [5, 5.41) is 23.4. The van der Waals surface area contributed by atoms with Gasteiger partial charge in [-0.15, -0.1) is 5.10 Å². The molecule has 0 atom stereocenters. The van der Waals surface area contributed by atoms with E-state index >= 15 is 0 Å². The van der Waals surface area contributed by atoms with Crippen molar-refractivity contribution >= 4 is 34.1 Å². The molecule has 0 aliphatic heterocycles. The maximum Gasteiger partial charge on any atom is 0.154 e. The van der Waals surface area contributed by atoms with Crippen LogP contribution < -0.4 is 10.6 Å². The molecule has 0 unspecified atom stereocenters. The smallest absolute Gasteiger partial charge is 0.154 e. The molecule has 0 bridgehead atoms. The number of methoxy groups -OCH3 is 2. The molecule has 3 heterocycles. The van der Waals surface area contributed by atoms with Crippen LogP contribution in [0, 0.1) is 5.41 Å². The van der Waals surface area contributed by atoms with Crippen molar-refractivity contribution in [2.24, 2.45) is 0 Å². The minimum absolute atomic E-state index is 0.349. The molecule has 0 radical (unpaired) electrons. The van der Waals surface area contributed by atoms with Crippen LogP contribution in [0.15, 0.2) is 42.9 Å². The Labute approximate surface area is 206 Å². The van der Waals surface area contributed by atoms with Crippen LogP contribution in [0.2, 0.25) is 0 Å². The van der Waals surface area contributed by atoms with Gasteiger partial charge in [-0.25, -0.2) is 4.98 Å². The minimum Gasteiger partial charge on any atom is -0.393 e. The molecular formula is C25H34N8O2. The zero-order chi connectivity index (χ0) is 25.2. The fraction of sp³-hybridized carbons (Fsp3) is 0.400. The number of anilines is 2. The van der Waals surface area contributed by atoms with Gasteiger partial charge < -0.3 is 25.0 Å². The molecule has 0 aromatic carbocycles. The number of hydrogen-bond donors (Lipinski definition) is 3. The lowest BCUT2D eigenvalue weighted by atomic mass is 10.1. The van der Waals surface area contributed by atoms with Crippen LogP contribution in [0.4, 0.5) is 11.6 Å². The molecule has 35 heavy (non-hydrogen) atoms. The summed E-state index contributed by atoms with van der Waals surface area (Å²) < 4.78 is 10.5. The van der Waals surface area contributed by atoms with E-state index in [0.29, 0.717) is 60.8 Å². The first-order valence-electron chi connectivity index (χ1n) is 11.5. The summed E-state index contributed by atoms with van der Waals surface area (Å²) in [5.41, 5.74) is 4.04. The molecule has 3 rings (SSSR count). The number of aromatic nitrogens is 4. The van der Waals surface area contributed by atoms with Gasteiger partial charge in [0.2, 0.25) is 0 Å². The number of hydrogen-bond acceptors (Lipinski definition) is 9. The fourth-order valence-corrected chi connectivity index (χ4v) is 3.45. The van der Waals surface area contributed by atoms with Crippen LogP contribution in [0.5, 0.6) is 0 Å². The molecule has 0 saturated carbocycles. The third-order valence-corrected chi connectivity index (χ3v) is 5.44. The molecule has 10 nitrogen and oxygen atoms in total. The van der Waals surface area contributed by atoms with Gasteiger partial charge in [-0.3, -0.25) is 10.4 Å². The summed E-state index contributed by atoms with van der Waals surface area (Å²) in [5.74, 6) is 1.98. The van der Waals surface area contributed by atoms with E-state index in [1.54, 1.807) is 32.8 Å². The second kappa shape index (κ2) is 12.7. The van der Waals surface area contributed by atoms with E-state index in [0.717, 1.165) is 16.6 Å². The lowest BCUT2D eigenvalue weighted by Gasteiger charge is -2.26. The van der Waals surface area contributed by atoms with Crippen LogP contribution in [0.25, 0.3) is 16.6 Å². The highest BCUT2D eigenvalue weighted by molar-refractivity contribution is 6.21. The van der Waals surface area contributed by atoms with E-state index in [1.807, 2.05) is 36.2 Å². The number of fused-ring (bicyclic) bond motifs is 1. The molecular weight excluding hydrogens is 444 g/mol. The van der Waals surface area contributed by atoms with Crippen molar-refractivity contribution in [1.29, 1.82) is 5.41 Å². The first kappa shape index (κ1) is 26.0. The number of amidine groups is 1. The highest BCUT2D eigenvalue weighted by Crippen LogP contribution is 2.23. The molecule has 0 amide bonds.